The summed E-state index contributed by atoms with van der Waals surface area (Å²) >= 11 is 1.92. The van der Waals surface area contributed by atoms with E-state index in [1.807, 2.05) is 11.8 Å². The zero-order chi connectivity index (χ0) is 11.8. The van der Waals surface area contributed by atoms with Gasteiger partial charge in [0.15, 0.2) is 0 Å². The van der Waals surface area contributed by atoms with Crippen LogP contribution < -0.4 is 5.32 Å². The predicted molar refractivity (Wildman–Crippen MR) is 75.1 cm³/mol. The predicted octanol–water partition coefficient (Wildman–Crippen LogP) is 3.34. The summed E-state index contributed by atoms with van der Waals surface area (Å²) in [6.45, 7) is 6.63. The van der Waals surface area contributed by atoms with E-state index in [4.69, 9.17) is 0 Å². The summed E-state index contributed by atoms with van der Waals surface area (Å²) in [6.07, 6.45) is 3.29. The van der Waals surface area contributed by atoms with E-state index < -0.39 is 0 Å². The lowest BCUT2D eigenvalue weighted by Gasteiger charge is -2.13. The van der Waals surface area contributed by atoms with Gasteiger partial charge in [-0.15, -0.1) is 0 Å². The van der Waals surface area contributed by atoms with E-state index in [0.29, 0.717) is 0 Å². The fraction of sp³-hybridized carbons (Fsp3) is 0.571. The van der Waals surface area contributed by atoms with E-state index in [9.17, 15) is 0 Å². The van der Waals surface area contributed by atoms with Crippen molar-refractivity contribution in [3.8, 4) is 0 Å². The molecule has 1 unspecified atom stereocenters. The molecule has 0 aliphatic heterocycles. The van der Waals surface area contributed by atoms with Crippen LogP contribution in [0, 0.1) is 5.92 Å². The van der Waals surface area contributed by atoms with E-state index >= 15 is 0 Å². The topological polar surface area (TPSA) is 12.0 Å². The van der Waals surface area contributed by atoms with Crippen LogP contribution in [0.5, 0.6) is 0 Å². The van der Waals surface area contributed by atoms with Crippen LogP contribution in [-0.4, -0.2) is 18.6 Å². The van der Waals surface area contributed by atoms with Crippen LogP contribution >= 0.6 is 11.8 Å². The van der Waals surface area contributed by atoms with Crippen molar-refractivity contribution in [3.63, 3.8) is 0 Å². The second-order valence-electron chi connectivity index (χ2n) is 4.31. The molecular formula is C14H23NS. The molecule has 0 spiro atoms. The minimum Gasteiger partial charge on any atom is -0.312 e. The largest absolute Gasteiger partial charge is 0.312 e. The van der Waals surface area contributed by atoms with E-state index in [-0.39, 0.29) is 0 Å². The molecule has 0 aliphatic carbocycles. The molecule has 1 aromatic rings. The highest BCUT2D eigenvalue weighted by molar-refractivity contribution is 7.98. The molecule has 0 saturated heterocycles. The smallest absolute Gasteiger partial charge is 0.0208 e. The fourth-order valence-electron chi connectivity index (χ4n) is 1.87. The minimum atomic E-state index is 0.754. The summed E-state index contributed by atoms with van der Waals surface area (Å²) < 4.78 is 0. The fourth-order valence-corrected chi connectivity index (χ4v) is 2.56. The molecule has 0 aliphatic rings. The molecule has 90 valence electrons. The second-order valence-corrected chi connectivity index (χ2v) is 5.22. The Morgan fingerprint density at radius 3 is 2.56 bits per heavy atom. The van der Waals surface area contributed by atoms with Crippen LogP contribution in [0.3, 0.4) is 0 Å². The van der Waals surface area contributed by atoms with E-state index in [1.165, 1.54) is 16.9 Å². The van der Waals surface area contributed by atoms with Crippen LogP contribution in [0.2, 0.25) is 0 Å². The van der Waals surface area contributed by atoms with Gasteiger partial charge in [-0.2, -0.15) is 11.8 Å². The van der Waals surface area contributed by atoms with Gasteiger partial charge in [0.25, 0.3) is 0 Å². The van der Waals surface area contributed by atoms with Gasteiger partial charge in [0, 0.05) is 6.54 Å². The van der Waals surface area contributed by atoms with Gasteiger partial charge in [0.05, 0.1) is 0 Å². The molecule has 0 saturated carbocycles. The molecule has 0 aromatic heterocycles. The summed E-state index contributed by atoms with van der Waals surface area (Å²) in [7, 11) is 0. The highest BCUT2D eigenvalue weighted by Gasteiger charge is 2.02. The van der Waals surface area contributed by atoms with Crippen molar-refractivity contribution in [1.29, 1.82) is 0 Å². The standard InChI is InChI=1S/C14H23NS/c1-4-13-7-5-6-8-14(13)10-15-9-12(2)11-16-3/h5-8,12,15H,4,9-11H2,1-3H3. The van der Waals surface area contributed by atoms with Gasteiger partial charge >= 0.3 is 0 Å². The maximum atomic E-state index is 3.55. The summed E-state index contributed by atoms with van der Waals surface area (Å²) in [6, 6.07) is 8.70. The summed E-state index contributed by atoms with van der Waals surface area (Å²) in [5, 5.41) is 3.55. The third-order valence-electron chi connectivity index (χ3n) is 2.76. The van der Waals surface area contributed by atoms with Crippen molar-refractivity contribution in [2.24, 2.45) is 5.92 Å². The zero-order valence-electron chi connectivity index (χ0n) is 10.6. The first-order chi connectivity index (χ1) is 7.77. The van der Waals surface area contributed by atoms with Crippen molar-refractivity contribution in [2.45, 2.75) is 26.8 Å². The first-order valence-electron chi connectivity index (χ1n) is 6.04. The summed E-state index contributed by atoms with van der Waals surface area (Å²) in [4.78, 5) is 0. The van der Waals surface area contributed by atoms with Gasteiger partial charge in [0.1, 0.15) is 0 Å². The van der Waals surface area contributed by atoms with Gasteiger partial charge in [-0.25, -0.2) is 0 Å². The average molecular weight is 237 g/mol. The van der Waals surface area contributed by atoms with Crippen LogP contribution in [-0.2, 0) is 13.0 Å². The summed E-state index contributed by atoms with van der Waals surface area (Å²) in [5.41, 5.74) is 2.91. The molecule has 1 nitrogen and oxygen atoms in total. The van der Waals surface area contributed by atoms with E-state index in [0.717, 1.165) is 25.4 Å². The average Bonchev–Trinajstić information content (AvgIpc) is 2.30. The number of nitrogens with one attached hydrogen (secondary N) is 1. The first kappa shape index (κ1) is 13.6. The Labute approximate surface area is 104 Å². The first-order valence-corrected chi connectivity index (χ1v) is 7.43. The van der Waals surface area contributed by atoms with Gasteiger partial charge < -0.3 is 5.32 Å². The molecule has 0 radical (unpaired) electrons. The Morgan fingerprint density at radius 1 is 1.25 bits per heavy atom. The summed E-state index contributed by atoms with van der Waals surface area (Å²) in [5.74, 6) is 1.99. The molecule has 16 heavy (non-hydrogen) atoms. The van der Waals surface area contributed by atoms with Crippen LogP contribution in [0.4, 0.5) is 0 Å². The Balaban J connectivity index is 2.36. The number of aryl methyl sites for hydroxylation is 1. The lowest BCUT2D eigenvalue weighted by atomic mass is 10.1. The van der Waals surface area contributed by atoms with Crippen molar-refractivity contribution >= 4 is 11.8 Å². The maximum Gasteiger partial charge on any atom is 0.0208 e. The Hall–Kier alpha value is -0.470. The molecule has 0 amide bonds. The molecule has 1 N–H and O–H groups in total. The second kappa shape index (κ2) is 7.75. The lowest BCUT2D eigenvalue weighted by molar-refractivity contribution is 0.558. The van der Waals surface area contributed by atoms with Gasteiger partial charge in [-0.1, -0.05) is 38.1 Å². The quantitative estimate of drug-likeness (QED) is 0.780. The number of hydrogen-bond acceptors (Lipinski definition) is 2. The lowest BCUT2D eigenvalue weighted by Crippen LogP contribution is -2.22. The van der Waals surface area contributed by atoms with E-state index in [1.54, 1.807) is 0 Å². The third kappa shape index (κ3) is 4.58. The highest BCUT2D eigenvalue weighted by Crippen LogP contribution is 2.09. The molecule has 2 heteroatoms. The SMILES string of the molecule is CCc1ccccc1CNCC(C)CSC. The number of benzene rings is 1. The van der Waals surface area contributed by atoms with Crippen molar-refractivity contribution < 1.29 is 0 Å². The third-order valence-corrected chi connectivity index (χ3v) is 3.66. The number of rotatable bonds is 7. The Bertz CT molecular complexity index is 299. The number of hydrogen-bond donors (Lipinski definition) is 1. The van der Waals surface area contributed by atoms with Gasteiger partial charge in [0.2, 0.25) is 0 Å². The van der Waals surface area contributed by atoms with Crippen molar-refractivity contribution in [1.82, 2.24) is 5.32 Å². The van der Waals surface area contributed by atoms with Gasteiger partial charge in [-0.05, 0) is 42.0 Å². The van der Waals surface area contributed by atoms with Gasteiger partial charge in [-0.3, -0.25) is 0 Å². The minimum absolute atomic E-state index is 0.754. The Morgan fingerprint density at radius 2 is 1.94 bits per heavy atom. The monoisotopic (exact) mass is 237 g/mol. The van der Waals surface area contributed by atoms with E-state index in [2.05, 4.69) is 49.7 Å². The molecular weight excluding hydrogens is 214 g/mol. The number of thioether (sulfide) groups is 1. The van der Waals surface area contributed by atoms with Crippen molar-refractivity contribution in [2.75, 3.05) is 18.6 Å². The molecule has 1 aromatic carbocycles. The molecule has 0 heterocycles. The normalized spacial score (nSPS) is 12.7. The Kier molecular flexibility index (Phi) is 6.58. The molecule has 0 bridgehead atoms. The van der Waals surface area contributed by atoms with Crippen LogP contribution in [0.1, 0.15) is 25.0 Å². The molecule has 1 rings (SSSR count). The highest BCUT2D eigenvalue weighted by atomic mass is 32.2. The molecule has 1 atom stereocenters. The van der Waals surface area contributed by atoms with Crippen LogP contribution in [0.25, 0.3) is 0 Å². The molecule has 0 fully saturated rings. The zero-order valence-corrected chi connectivity index (χ0v) is 11.4. The van der Waals surface area contributed by atoms with Crippen LogP contribution in [0.15, 0.2) is 24.3 Å². The van der Waals surface area contributed by atoms with Crippen molar-refractivity contribution in [3.05, 3.63) is 35.4 Å². The maximum absolute atomic E-state index is 3.55.